The lowest BCUT2D eigenvalue weighted by Gasteiger charge is -2.13. The molecule has 0 saturated carbocycles. The molecule has 0 amide bonds. The summed E-state index contributed by atoms with van der Waals surface area (Å²) in [5.74, 6) is 0.627. The van der Waals surface area contributed by atoms with E-state index in [1.807, 2.05) is 54.7 Å². The zero-order valence-corrected chi connectivity index (χ0v) is 22.4. The van der Waals surface area contributed by atoms with Crippen LogP contribution in [0.3, 0.4) is 0 Å². The molecule has 0 atom stereocenters. The normalized spacial score (nSPS) is 11.3. The molecule has 38 heavy (non-hydrogen) atoms. The zero-order chi connectivity index (χ0) is 27.4. The molecule has 0 spiro atoms. The maximum absolute atomic E-state index is 13.4. The van der Waals surface area contributed by atoms with Gasteiger partial charge in [-0.05, 0) is 54.9 Å². The van der Waals surface area contributed by atoms with Gasteiger partial charge >= 0.3 is 0 Å². The van der Waals surface area contributed by atoms with E-state index in [0.717, 1.165) is 57.1 Å². The molecule has 0 bridgehead atoms. The van der Waals surface area contributed by atoms with E-state index in [1.165, 1.54) is 0 Å². The summed E-state index contributed by atoms with van der Waals surface area (Å²) in [6.07, 6.45) is 2.01. The maximum Gasteiger partial charge on any atom is 0.294 e. The molecule has 196 valence electrons. The third-order valence-electron chi connectivity index (χ3n) is 5.91. The highest BCUT2D eigenvalue weighted by Gasteiger charge is 2.14. The summed E-state index contributed by atoms with van der Waals surface area (Å²) in [7, 11) is 0. The lowest BCUT2D eigenvalue weighted by Crippen LogP contribution is -2.34. The van der Waals surface area contributed by atoms with E-state index in [4.69, 9.17) is 19.7 Å². The second-order valence-corrected chi connectivity index (χ2v) is 9.56. The van der Waals surface area contributed by atoms with Gasteiger partial charge in [0, 0.05) is 17.9 Å². The minimum Gasteiger partial charge on any atom is -0.441 e. The lowest BCUT2D eigenvalue weighted by atomic mass is 10.0. The van der Waals surface area contributed by atoms with E-state index in [0.29, 0.717) is 17.8 Å². The molecule has 0 aliphatic rings. The van der Waals surface area contributed by atoms with Gasteiger partial charge in [-0.25, -0.2) is 9.67 Å². The van der Waals surface area contributed by atoms with Crippen molar-refractivity contribution in [3.63, 3.8) is 0 Å². The SMILES string of the molecule is C=CNC(O)(O)S.CCc1ccc2c(-c3cccc(C)c3)nn(Cc3ccc4nc(C)oc4c3)c(=O)c2c1. The second-order valence-electron chi connectivity index (χ2n) is 8.93. The van der Waals surface area contributed by atoms with Crippen LogP contribution in [0.1, 0.15) is 29.5 Å². The Hall–Kier alpha value is -3.92. The van der Waals surface area contributed by atoms with Crippen molar-refractivity contribution in [1.82, 2.24) is 20.1 Å². The molecule has 5 aromatic rings. The number of thiol groups is 1. The van der Waals surface area contributed by atoms with Crippen molar-refractivity contribution in [1.29, 1.82) is 0 Å². The summed E-state index contributed by atoms with van der Waals surface area (Å²) in [6.45, 7) is 9.51. The van der Waals surface area contributed by atoms with Gasteiger partial charge in [-0.3, -0.25) is 4.79 Å². The van der Waals surface area contributed by atoms with Crippen molar-refractivity contribution in [2.75, 3.05) is 0 Å². The van der Waals surface area contributed by atoms with Gasteiger partial charge < -0.3 is 19.9 Å². The summed E-state index contributed by atoms with van der Waals surface area (Å²) in [5, 5.41) is 22.8. The number of aryl methyl sites for hydroxylation is 3. The summed E-state index contributed by atoms with van der Waals surface area (Å²) in [4.78, 5) is 17.7. The Morgan fingerprint density at radius 1 is 1.08 bits per heavy atom. The quantitative estimate of drug-likeness (QED) is 0.186. The molecule has 0 aliphatic carbocycles. The lowest BCUT2D eigenvalue weighted by molar-refractivity contribution is -0.0898. The Morgan fingerprint density at radius 2 is 1.84 bits per heavy atom. The van der Waals surface area contributed by atoms with Crippen molar-refractivity contribution in [3.05, 3.63) is 106 Å². The zero-order valence-electron chi connectivity index (χ0n) is 21.5. The number of fused-ring (bicyclic) bond motifs is 2. The van der Waals surface area contributed by atoms with Gasteiger partial charge in [0.05, 0.1) is 17.6 Å². The Kier molecular flexibility index (Phi) is 8.01. The number of nitrogens with zero attached hydrogens (tertiary/aromatic N) is 3. The van der Waals surface area contributed by atoms with Gasteiger partial charge in [-0.15, -0.1) is 0 Å². The molecule has 3 aromatic carbocycles. The summed E-state index contributed by atoms with van der Waals surface area (Å²) < 4.78 is 7.22. The third kappa shape index (κ3) is 6.31. The molecule has 8 nitrogen and oxygen atoms in total. The van der Waals surface area contributed by atoms with Crippen LogP contribution in [0.4, 0.5) is 0 Å². The first-order valence-electron chi connectivity index (χ1n) is 12.1. The first-order valence-corrected chi connectivity index (χ1v) is 12.5. The van der Waals surface area contributed by atoms with Crippen LogP contribution in [0.25, 0.3) is 33.1 Å². The van der Waals surface area contributed by atoms with Crippen molar-refractivity contribution in [3.8, 4) is 11.3 Å². The smallest absolute Gasteiger partial charge is 0.294 e. The van der Waals surface area contributed by atoms with Crippen molar-refractivity contribution < 1.29 is 14.6 Å². The Morgan fingerprint density at radius 3 is 2.50 bits per heavy atom. The topological polar surface area (TPSA) is 113 Å². The summed E-state index contributed by atoms with van der Waals surface area (Å²) >= 11 is 3.26. The number of benzene rings is 3. The fourth-order valence-electron chi connectivity index (χ4n) is 4.16. The molecule has 9 heteroatoms. The predicted octanol–water partition coefficient (Wildman–Crippen LogP) is 4.68. The van der Waals surface area contributed by atoms with Crippen molar-refractivity contribution >= 4 is 34.5 Å². The Labute approximate surface area is 225 Å². The molecule has 0 radical (unpaired) electrons. The number of hydrogen-bond donors (Lipinski definition) is 4. The second kappa shape index (κ2) is 11.2. The van der Waals surface area contributed by atoms with Gasteiger partial charge in [-0.1, -0.05) is 68.1 Å². The minimum atomic E-state index is -2.12. The van der Waals surface area contributed by atoms with Crippen LogP contribution in [-0.2, 0) is 13.0 Å². The predicted molar refractivity (Wildman–Crippen MR) is 153 cm³/mol. The number of hydrogen-bond acceptors (Lipinski definition) is 8. The molecule has 3 N–H and O–H groups in total. The summed E-state index contributed by atoms with van der Waals surface area (Å²) in [6, 6.07) is 20.1. The first kappa shape index (κ1) is 27.1. The minimum absolute atomic E-state index is 0.0875. The van der Waals surface area contributed by atoms with E-state index in [-0.39, 0.29) is 5.56 Å². The third-order valence-corrected chi connectivity index (χ3v) is 6.04. The maximum atomic E-state index is 13.4. The molecule has 0 aliphatic heterocycles. The number of oxazole rings is 1. The highest BCUT2D eigenvalue weighted by molar-refractivity contribution is 7.81. The van der Waals surface area contributed by atoms with E-state index in [2.05, 4.69) is 56.2 Å². The van der Waals surface area contributed by atoms with Gasteiger partial charge in [0.25, 0.3) is 10.8 Å². The fourth-order valence-corrected chi connectivity index (χ4v) is 4.25. The standard InChI is InChI=1S/C26H23N3O2.C3H7NO2S/c1-4-18-8-10-21-22(13-18)26(30)29(28-25(21)20-7-5-6-16(2)12-20)15-19-9-11-23-24(14-19)31-17(3)27-23;1-2-4-3(5,6)7/h5-14H,4,15H2,1-3H3;2,4-7H,1H2. The van der Waals surface area contributed by atoms with E-state index in [1.54, 1.807) is 4.68 Å². The van der Waals surface area contributed by atoms with E-state index in [9.17, 15) is 4.79 Å². The van der Waals surface area contributed by atoms with Gasteiger partial charge in [0.15, 0.2) is 11.5 Å². The number of nitrogens with one attached hydrogen (secondary N) is 1. The molecule has 0 saturated heterocycles. The highest BCUT2D eigenvalue weighted by atomic mass is 32.1. The van der Waals surface area contributed by atoms with Gasteiger partial charge in [-0.2, -0.15) is 5.10 Å². The summed E-state index contributed by atoms with van der Waals surface area (Å²) in [5.41, 5.74) is 6.50. The monoisotopic (exact) mass is 530 g/mol. The van der Waals surface area contributed by atoms with E-state index >= 15 is 0 Å². The first-order chi connectivity index (χ1) is 18.1. The molecule has 0 unspecified atom stereocenters. The molecular formula is C29H30N4O4S. The molecule has 2 aromatic heterocycles. The highest BCUT2D eigenvalue weighted by Crippen LogP contribution is 2.27. The molecule has 0 fully saturated rings. The van der Waals surface area contributed by atoms with E-state index < -0.39 is 5.24 Å². The van der Waals surface area contributed by atoms with Crippen LogP contribution in [-0.4, -0.2) is 30.2 Å². The average Bonchev–Trinajstić information content (AvgIpc) is 3.24. The Balaban J connectivity index is 0.000000426. The van der Waals surface area contributed by atoms with Crippen LogP contribution in [0, 0.1) is 13.8 Å². The van der Waals surface area contributed by atoms with Crippen LogP contribution >= 0.6 is 12.6 Å². The molecule has 5 rings (SSSR count). The molecule has 2 heterocycles. The van der Waals surface area contributed by atoms with Crippen LogP contribution in [0.15, 0.2) is 82.7 Å². The molecular weight excluding hydrogens is 500 g/mol. The number of aromatic nitrogens is 3. The average molecular weight is 531 g/mol. The van der Waals surface area contributed by atoms with Gasteiger partial charge in [0.2, 0.25) is 0 Å². The number of rotatable bonds is 6. The van der Waals surface area contributed by atoms with Crippen LogP contribution < -0.4 is 10.9 Å². The van der Waals surface area contributed by atoms with Gasteiger partial charge in [0.1, 0.15) is 5.52 Å². The van der Waals surface area contributed by atoms with Crippen LogP contribution in [0.5, 0.6) is 0 Å². The van der Waals surface area contributed by atoms with Crippen molar-refractivity contribution in [2.45, 2.75) is 39.0 Å². The number of aliphatic hydroxyl groups is 2. The fraction of sp³-hybridized carbons (Fsp3) is 0.207. The van der Waals surface area contributed by atoms with Crippen LogP contribution in [0.2, 0.25) is 0 Å². The largest absolute Gasteiger partial charge is 0.441 e. The Bertz CT molecular complexity index is 1670. The van der Waals surface area contributed by atoms with Crippen molar-refractivity contribution in [2.24, 2.45) is 0 Å².